The molecule has 4 aliphatic rings. The summed E-state index contributed by atoms with van der Waals surface area (Å²) in [5.41, 5.74) is 0.382. The van der Waals surface area contributed by atoms with Crippen LogP contribution in [0.15, 0.2) is 4.99 Å². The van der Waals surface area contributed by atoms with E-state index in [1.807, 2.05) is 0 Å². The molecule has 2 heterocycles. The van der Waals surface area contributed by atoms with Crippen LogP contribution in [0.5, 0.6) is 0 Å². The van der Waals surface area contributed by atoms with E-state index in [0.29, 0.717) is 29.4 Å². The maximum atomic E-state index is 6.05. The summed E-state index contributed by atoms with van der Waals surface area (Å²) in [6.07, 6.45) is 5.86. The molecule has 0 bridgehead atoms. The minimum Gasteiger partial charge on any atom is -0.377 e. The SMILES string of the molecule is CCNC(=NCC1CN(CC(C)C)CCO1)NC1C2CCOC2C12CCC2. The number of nitrogens with one attached hydrogen (secondary N) is 2. The molecule has 4 atom stereocenters. The molecule has 2 aliphatic heterocycles. The van der Waals surface area contributed by atoms with Crippen molar-refractivity contribution < 1.29 is 9.47 Å². The van der Waals surface area contributed by atoms with Crippen LogP contribution in [0.1, 0.15) is 46.5 Å². The van der Waals surface area contributed by atoms with E-state index < -0.39 is 0 Å². The molecule has 1 spiro atoms. The van der Waals surface area contributed by atoms with Crippen molar-refractivity contribution in [3.05, 3.63) is 0 Å². The Morgan fingerprint density at radius 1 is 1.26 bits per heavy atom. The van der Waals surface area contributed by atoms with E-state index in [-0.39, 0.29) is 6.10 Å². The van der Waals surface area contributed by atoms with Gasteiger partial charge in [-0.25, -0.2) is 0 Å². The molecule has 2 aliphatic carbocycles. The van der Waals surface area contributed by atoms with Crippen molar-refractivity contribution in [2.24, 2.45) is 22.2 Å². The number of guanidine groups is 1. The first-order valence-electron chi connectivity index (χ1n) is 11.1. The van der Waals surface area contributed by atoms with Crippen LogP contribution in [0.3, 0.4) is 0 Å². The van der Waals surface area contributed by atoms with Gasteiger partial charge in [-0.05, 0) is 32.1 Å². The first-order valence-corrected chi connectivity index (χ1v) is 11.1. The van der Waals surface area contributed by atoms with Crippen LogP contribution in [0.25, 0.3) is 0 Å². The Morgan fingerprint density at radius 3 is 2.81 bits per heavy atom. The molecule has 0 amide bonds. The second-order valence-corrected chi connectivity index (χ2v) is 9.32. The topological polar surface area (TPSA) is 58.1 Å². The van der Waals surface area contributed by atoms with E-state index in [1.54, 1.807) is 0 Å². The number of rotatable bonds is 6. The number of fused-ring (bicyclic) bond motifs is 2. The van der Waals surface area contributed by atoms with Crippen LogP contribution < -0.4 is 10.6 Å². The van der Waals surface area contributed by atoms with Crippen molar-refractivity contribution in [2.75, 3.05) is 45.9 Å². The van der Waals surface area contributed by atoms with Crippen LogP contribution >= 0.6 is 0 Å². The zero-order valence-corrected chi connectivity index (χ0v) is 17.4. The zero-order valence-electron chi connectivity index (χ0n) is 17.4. The van der Waals surface area contributed by atoms with E-state index in [0.717, 1.165) is 51.9 Å². The van der Waals surface area contributed by atoms with Gasteiger partial charge in [-0.1, -0.05) is 20.3 Å². The molecular weight excluding hydrogens is 340 g/mol. The lowest BCUT2D eigenvalue weighted by atomic mass is 9.46. The number of hydrogen-bond donors (Lipinski definition) is 2. The van der Waals surface area contributed by atoms with Crippen LogP contribution in [0.2, 0.25) is 0 Å². The molecule has 4 unspecified atom stereocenters. The summed E-state index contributed by atoms with van der Waals surface area (Å²) in [4.78, 5) is 7.43. The van der Waals surface area contributed by atoms with Crippen molar-refractivity contribution in [1.82, 2.24) is 15.5 Å². The number of morpholine rings is 1. The fourth-order valence-corrected chi connectivity index (χ4v) is 5.69. The van der Waals surface area contributed by atoms with Crippen molar-refractivity contribution >= 4 is 5.96 Å². The molecule has 0 aromatic carbocycles. The number of ether oxygens (including phenoxy) is 2. The van der Waals surface area contributed by atoms with Crippen LogP contribution in [-0.4, -0.2) is 75.0 Å². The fraction of sp³-hybridized carbons (Fsp3) is 0.952. The van der Waals surface area contributed by atoms with Gasteiger partial charge in [-0.2, -0.15) is 0 Å². The highest BCUT2D eigenvalue weighted by Crippen LogP contribution is 2.62. The van der Waals surface area contributed by atoms with E-state index in [4.69, 9.17) is 14.5 Å². The second-order valence-electron chi connectivity index (χ2n) is 9.32. The average molecular weight is 379 g/mol. The Labute approximate surface area is 164 Å². The normalized spacial score (nSPS) is 35.6. The van der Waals surface area contributed by atoms with Crippen molar-refractivity contribution in [2.45, 2.75) is 64.7 Å². The smallest absolute Gasteiger partial charge is 0.191 e. The molecule has 4 rings (SSSR count). The Kier molecular flexibility index (Phi) is 5.95. The Balaban J connectivity index is 1.35. The summed E-state index contributed by atoms with van der Waals surface area (Å²) >= 11 is 0. The standard InChI is InChI=1S/C21H38N4O2/c1-4-22-20(23-12-16-14-25(9-11-26-16)13-15(2)3)24-18-17-6-10-27-19(17)21(18)7-5-8-21/h15-19H,4-14H2,1-3H3,(H2,22,23,24). The lowest BCUT2D eigenvalue weighted by Gasteiger charge is -2.63. The molecule has 0 aromatic heterocycles. The Bertz CT molecular complexity index is 534. The molecule has 2 saturated heterocycles. The number of aliphatic imine (C=N–C) groups is 1. The molecule has 154 valence electrons. The minimum atomic E-state index is 0.203. The Morgan fingerprint density at radius 2 is 2.11 bits per heavy atom. The molecule has 6 nitrogen and oxygen atoms in total. The quantitative estimate of drug-likeness (QED) is 0.546. The molecule has 27 heavy (non-hydrogen) atoms. The molecular formula is C21H38N4O2. The first kappa shape index (κ1) is 19.5. The van der Waals surface area contributed by atoms with Crippen molar-refractivity contribution in [3.8, 4) is 0 Å². The van der Waals surface area contributed by atoms with Crippen LogP contribution in [0, 0.1) is 17.3 Å². The molecule has 2 N–H and O–H groups in total. The fourth-order valence-electron chi connectivity index (χ4n) is 5.69. The molecule has 6 heteroatoms. The first-order chi connectivity index (χ1) is 13.1. The highest BCUT2D eigenvalue weighted by molar-refractivity contribution is 5.80. The largest absolute Gasteiger partial charge is 0.377 e. The van der Waals surface area contributed by atoms with Crippen molar-refractivity contribution in [3.63, 3.8) is 0 Å². The number of hydrogen-bond acceptors (Lipinski definition) is 4. The van der Waals surface area contributed by atoms with Gasteiger partial charge in [-0.3, -0.25) is 9.89 Å². The lowest BCUT2D eigenvalue weighted by molar-refractivity contribution is -0.171. The summed E-state index contributed by atoms with van der Waals surface area (Å²) in [6, 6.07) is 0.529. The molecule has 2 saturated carbocycles. The van der Waals surface area contributed by atoms with Gasteiger partial charge in [0, 0.05) is 50.2 Å². The molecule has 4 fully saturated rings. The van der Waals surface area contributed by atoms with E-state index in [1.165, 1.54) is 25.7 Å². The predicted octanol–water partition coefficient (Wildman–Crippen LogP) is 1.86. The van der Waals surface area contributed by atoms with Crippen LogP contribution in [0.4, 0.5) is 0 Å². The summed E-state index contributed by atoms with van der Waals surface area (Å²) in [6.45, 7) is 13.3. The second kappa shape index (κ2) is 8.26. The highest BCUT2D eigenvalue weighted by Gasteiger charge is 2.66. The van der Waals surface area contributed by atoms with Gasteiger partial charge < -0.3 is 20.1 Å². The maximum absolute atomic E-state index is 6.05. The Hall–Kier alpha value is -0.850. The summed E-state index contributed by atoms with van der Waals surface area (Å²) in [5.74, 6) is 2.33. The van der Waals surface area contributed by atoms with Crippen LogP contribution in [-0.2, 0) is 9.47 Å². The third kappa shape index (κ3) is 3.85. The summed E-state index contributed by atoms with van der Waals surface area (Å²) in [7, 11) is 0. The third-order valence-electron chi connectivity index (χ3n) is 6.97. The summed E-state index contributed by atoms with van der Waals surface area (Å²) in [5, 5.41) is 7.25. The van der Waals surface area contributed by atoms with E-state index >= 15 is 0 Å². The third-order valence-corrected chi connectivity index (χ3v) is 6.97. The molecule has 0 radical (unpaired) electrons. The van der Waals surface area contributed by atoms with E-state index in [9.17, 15) is 0 Å². The summed E-state index contributed by atoms with van der Waals surface area (Å²) < 4.78 is 12.0. The van der Waals surface area contributed by atoms with Crippen molar-refractivity contribution in [1.29, 1.82) is 0 Å². The van der Waals surface area contributed by atoms with E-state index in [2.05, 4.69) is 36.3 Å². The molecule has 0 aromatic rings. The average Bonchev–Trinajstić information content (AvgIpc) is 3.01. The maximum Gasteiger partial charge on any atom is 0.191 e. The van der Waals surface area contributed by atoms with Gasteiger partial charge in [0.05, 0.1) is 25.4 Å². The van der Waals surface area contributed by atoms with Gasteiger partial charge in [0.15, 0.2) is 5.96 Å². The van der Waals surface area contributed by atoms with Gasteiger partial charge in [0.2, 0.25) is 0 Å². The monoisotopic (exact) mass is 378 g/mol. The van der Waals surface area contributed by atoms with Gasteiger partial charge >= 0.3 is 0 Å². The zero-order chi connectivity index (χ0) is 18.9. The highest BCUT2D eigenvalue weighted by atomic mass is 16.5. The lowest BCUT2D eigenvalue weighted by Crippen LogP contribution is -2.72. The van der Waals surface area contributed by atoms with Gasteiger partial charge in [0.1, 0.15) is 0 Å². The van der Waals surface area contributed by atoms with Gasteiger partial charge in [-0.15, -0.1) is 0 Å². The number of nitrogens with zero attached hydrogens (tertiary/aromatic N) is 2. The van der Waals surface area contributed by atoms with Gasteiger partial charge in [0.25, 0.3) is 0 Å². The predicted molar refractivity (Wildman–Crippen MR) is 108 cm³/mol. The minimum absolute atomic E-state index is 0.203.